The average molecular weight is 405 g/mol. The van der Waals surface area contributed by atoms with E-state index >= 15 is 0 Å². The zero-order valence-corrected chi connectivity index (χ0v) is 17.5. The van der Waals surface area contributed by atoms with Crippen LogP contribution in [0.15, 0.2) is 21.9 Å². The van der Waals surface area contributed by atoms with Crippen LogP contribution < -0.4 is 10.6 Å². The second-order valence-corrected chi connectivity index (χ2v) is 8.45. The highest BCUT2D eigenvalue weighted by molar-refractivity contribution is 7.13. The van der Waals surface area contributed by atoms with E-state index in [-0.39, 0.29) is 18.2 Å². The molecule has 1 fully saturated rings. The Bertz CT molecular complexity index is 800. The molecule has 0 unspecified atom stereocenters. The van der Waals surface area contributed by atoms with Gasteiger partial charge in [0.15, 0.2) is 0 Å². The average Bonchev–Trinajstić information content (AvgIpc) is 3.30. The maximum Gasteiger partial charge on any atom is 0.237 e. The van der Waals surface area contributed by atoms with Gasteiger partial charge in [-0.15, -0.1) is 11.3 Å². The first-order chi connectivity index (χ1) is 13.4. The molecule has 8 heteroatoms. The van der Waals surface area contributed by atoms with Crippen LogP contribution in [0.2, 0.25) is 0 Å². The summed E-state index contributed by atoms with van der Waals surface area (Å²) in [7, 11) is 0. The molecule has 0 aromatic carbocycles. The Morgan fingerprint density at radius 3 is 3.04 bits per heavy atom. The van der Waals surface area contributed by atoms with E-state index in [0.717, 1.165) is 24.4 Å². The van der Waals surface area contributed by atoms with Crippen LogP contribution >= 0.6 is 11.3 Å². The summed E-state index contributed by atoms with van der Waals surface area (Å²) in [5.41, 5.74) is 0.710. The van der Waals surface area contributed by atoms with Crippen molar-refractivity contribution in [2.45, 2.75) is 46.2 Å². The van der Waals surface area contributed by atoms with Gasteiger partial charge in [-0.05, 0) is 37.3 Å². The lowest BCUT2D eigenvalue weighted by Gasteiger charge is -2.35. The molecule has 2 aromatic rings. The van der Waals surface area contributed by atoms with E-state index in [1.165, 1.54) is 0 Å². The molecule has 28 heavy (non-hydrogen) atoms. The monoisotopic (exact) mass is 404 g/mol. The van der Waals surface area contributed by atoms with Crippen molar-refractivity contribution in [3.05, 3.63) is 29.0 Å². The predicted molar refractivity (Wildman–Crippen MR) is 109 cm³/mol. The number of carbonyl (C=O) groups excluding carboxylic acids is 2. The van der Waals surface area contributed by atoms with Gasteiger partial charge in [0, 0.05) is 13.1 Å². The lowest BCUT2D eigenvalue weighted by atomic mass is 10.1. The van der Waals surface area contributed by atoms with Crippen LogP contribution in [-0.4, -0.2) is 47.4 Å². The first-order valence-electron chi connectivity index (χ1n) is 9.72. The number of nitrogens with one attached hydrogen (secondary N) is 2. The van der Waals surface area contributed by atoms with Gasteiger partial charge in [-0.25, -0.2) is 4.98 Å². The van der Waals surface area contributed by atoms with Gasteiger partial charge in [-0.1, -0.05) is 19.9 Å². The predicted octanol–water partition coefficient (Wildman–Crippen LogP) is 2.56. The van der Waals surface area contributed by atoms with Crippen LogP contribution in [0, 0.1) is 12.8 Å². The van der Waals surface area contributed by atoms with Crippen LogP contribution in [-0.2, 0) is 16.1 Å². The number of thiophene rings is 1. The van der Waals surface area contributed by atoms with E-state index in [1.807, 2.05) is 24.4 Å². The van der Waals surface area contributed by atoms with Crippen LogP contribution in [0.25, 0.3) is 10.8 Å². The molecule has 2 amide bonds. The van der Waals surface area contributed by atoms with Gasteiger partial charge in [0.2, 0.25) is 17.7 Å². The molecule has 152 valence electrons. The van der Waals surface area contributed by atoms with E-state index in [0.29, 0.717) is 36.4 Å². The second kappa shape index (κ2) is 9.34. The third-order valence-corrected chi connectivity index (χ3v) is 5.75. The SMILES string of the molecule is Cc1oc(-c2cccs2)nc1CNC(=O)C[C@H]1C(=O)NCCN1CCC(C)C. The van der Waals surface area contributed by atoms with Gasteiger partial charge in [-0.2, -0.15) is 0 Å². The molecule has 1 aliphatic heterocycles. The standard InChI is InChI=1S/C20H28N4O3S/c1-13(2)6-8-24-9-7-21-19(26)16(24)11-18(25)22-12-15-14(3)27-20(23-15)17-5-4-10-28-17/h4-5,10,13,16H,6-9,11-12H2,1-3H3,(H,21,26)(H,22,25)/t16-/m0/s1. The molecule has 3 rings (SSSR count). The van der Waals surface area contributed by atoms with Crippen molar-refractivity contribution in [3.63, 3.8) is 0 Å². The Labute approximate surface area is 169 Å². The lowest BCUT2D eigenvalue weighted by Crippen LogP contribution is -2.56. The fourth-order valence-electron chi connectivity index (χ4n) is 3.20. The molecule has 3 heterocycles. The minimum atomic E-state index is -0.410. The van der Waals surface area contributed by atoms with Gasteiger partial charge in [0.05, 0.1) is 23.9 Å². The number of oxazole rings is 1. The number of carbonyl (C=O) groups is 2. The minimum Gasteiger partial charge on any atom is -0.440 e. The minimum absolute atomic E-state index is 0.0669. The highest BCUT2D eigenvalue weighted by atomic mass is 32.1. The Kier molecular flexibility index (Phi) is 6.85. The van der Waals surface area contributed by atoms with Crippen molar-refractivity contribution in [2.75, 3.05) is 19.6 Å². The van der Waals surface area contributed by atoms with Crippen LogP contribution in [0.3, 0.4) is 0 Å². The van der Waals surface area contributed by atoms with Crippen molar-refractivity contribution in [1.82, 2.24) is 20.5 Å². The molecule has 0 radical (unpaired) electrons. The lowest BCUT2D eigenvalue weighted by molar-refractivity contribution is -0.134. The number of aryl methyl sites for hydroxylation is 1. The second-order valence-electron chi connectivity index (χ2n) is 7.51. The molecule has 2 N–H and O–H groups in total. The van der Waals surface area contributed by atoms with Crippen LogP contribution in [0.4, 0.5) is 0 Å². The summed E-state index contributed by atoms with van der Waals surface area (Å²) in [6.45, 7) is 8.71. The fraction of sp³-hybridized carbons (Fsp3) is 0.550. The van der Waals surface area contributed by atoms with E-state index < -0.39 is 6.04 Å². The normalized spacial score (nSPS) is 17.7. The fourth-order valence-corrected chi connectivity index (χ4v) is 3.85. The topological polar surface area (TPSA) is 87.5 Å². The maximum absolute atomic E-state index is 12.5. The summed E-state index contributed by atoms with van der Waals surface area (Å²) in [5, 5.41) is 7.73. The van der Waals surface area contributed by atoms with Crippen molar-refractivity contribution in [2.24, 2.45) is 5.92 Å². The summed E-state index contributed by atoms with van der Waals surface area (Å²) in [5.74, 6) is 1.60. The molecule has 0 bridgehead atoms. The van der Waals surface area contributed by atoms with Gasteiger partial charge in [-0.3, -0.25) is 14.5 Å². The third-order valence-electron chi connectivity index (χ3n) is 4.89. The molecular formula is C20H28N4O3S. The molecule has 0 aliphatic carbocycles. The zero-order valence-electron chi connectivity index (χ0n) is 16.7. The summed E-state index contributed by atoms with van der Waals surface area (Å²) in [6, 6.07) is 3.49. The Morgan fingerprint density at radius 1 is 1.50 bits per heavy atom. The van der Waals surface area contributed by atoms with Crippen molar-refractivity contribution in [1.29, 1.82) is 0 Å². The van der Waals surface area contributed by atoms with Gasteiger partial charge in [0.1, 0.15) is 11.5 Å². The van der Waals surface area contributed by atoms with Crippen LogP contribution in [0.1, 0.15) is 38.1 Å². The van der Waals surface area contributed by atoms with E-state index in [4.69, 9.17) is 4.42 Å². The number of rotatable bonds is 8. The Hall–Kier alpha value is -2.19. The van der Waals surface area contributed by atoms with Gasteiger partial charge >= 0.3 is 0 Å². The highest BCUT2D eigenvalue weighted by Gasteiger charge is 2.31. The smallest absolute Gasteiger partial charge is 0.237 e. The molecule has 1 saturated heterocycles. The summed E-state index contributed by atoms with van der Waals surface area (Å²) in [4.78, 5) is 32.3. The molecule has 1 atom stereocenters. The van der Waals surface area contributed by atoms with Crippen molar-refractivity contribution >= 4 is 23.2 Å². The van der Waals surface area contributed by atoms with Gasteiger partial charge < -0.3 is 15.1 Å². The van der Waals surface area contributed by atoms with E-state index in [2.05, 4.69) is 34.4 Å². The number of hydrogen-bond donors (Lipinski definition) is 2. The molecule has 7 nitrogen and oxygen atoms in total. The number of amides is 2. The quantitative estimate of drug-likeness (QED) is 0.706. The van der Waals surface area contributed by atoms with Crippen molar-refractivity contribution in [3.8, 4) is 10.8 Å². The first kappa shape index (κ1) is 20.5. The number of nitrogens with zero attached hydrogens (tertiary/aromatic N) is 2. The van der Waals surface area contributed by atoms with Gasteiger partial charge in [0.25, 0.3) is 0 Å². The number of aromatic nitrogens is 1. The largest absolute Gasteiger partial charge is 0.440 e. The summed E-state index contributed by atoms with van der Waals surface area (Å²) in [6.07, 6.45) is 1.16. The summed E-state index contributed by atoms with van der Waals surface area (Å²) < 4.78 is 5.71. The highest BCUT2D eigenvalue weighted by Crippen LogP contribution is 2.25. The molecular weight excluding hydrogens is 376 g/mol. The van der Waals surface area contributed by atoms with Crippen molar-refractivity contribution < 1.29 is 14.0 Å². The Balaban J connectivity index is 1.56. The number of hydrogen-bond acceptors (Lipinski definition) is 6. The molecule has 2 aromatic heterocycles. The Morgan fingerprint density at radius 2 is 2.32 bits per heavy atom. The van der Waals surface area contributed by atoms with E-state index in [1.54, 1.807) is 11.3 Å². The third kappa shape index (κ3) is 5.20. The molecule has 0 saturated carbocycles. The van der Waals surface area contributed by atoms with Crippen LogP contribution in [0.5, 0.6) is 0 Å². The summed E-state index contributed by atoms with van der Waals surface area (Å²) >= 11 is 1.56. The first-order valence-corrected chi connectivity index (χ1v) is 10.6. The zero-order chi connectivity index (χ0) is 20.1. The number of piperazine rings is 1. The van der Waals surface area contributed by atoms with E-state index in [9.17, 15) is 9.59 Å². The maximum atomic E-state index is 12.5. The molecule has 1 aliphatic rings. The molecule has 0 spiro atoms.